The van der Waals surface area contributed by atoms with Crippen LogP contribution < -0.4 is 5.32 Å². The molecule has 0 unspecified atom stereocenters. The molecular formula is C35H28FN3O8. The first-order valence-corrected chi connectivity index (χ1v) is 14.8. The number of carbonyl (C=O) groups is 6. The molecule has 3 aromatic rings. The summed E-state index contributed by atoms with van der Waals surface area (Å²) in [5, 5.41) is 2.97. The molecule has 0 fully saturated rings. The van der Waals surface area contributed by atoms with E-state index in [0.29, 0.717) is 11.4 Å². The average Bonchev–Trinajstić information content (AvgIpc) is 3.45. The summed E-state index contributed by atoms with van der Waals surface area (Å²) in [5.41, 5.74) is 1.47. The molecule has 12 heteroatoms. The Morgan fingerprint density at radius 2 is 1.00 bits per heavy atom. The van der Waals surface area contributed by atoms with E-state index < -0.39 is 47.3 Å². The monoisotopic (exact) mass is 637 g/mol. The molecule has 3 aromatic carbocycles. The lowest BCUT2D eigenvalue weighted by molar-refractivity contribution is -0.140. The first-order chi connectivity index (χ1) is 22.6. The van der Waals surface area contributed by atoms with Gasteiger partial charge in [-0.05, 0) is 44.2 Å². The number of dihydropyridines is 1. The van der Waals surface area contributed by atoms with Gasteiger partial charge in [-0.2, -0.15) is 0 Å². The van der Waals surface area contributed by atoms with Crippen LogP contribution in [0.4, 0.5) is 4.39 Å². The number of nitrogens with one attached hydrogen (secondary N) is 1. The fourth-order valence-electron chi connectivity index (χ4n) is 6.05. The number of allylic oxidation sites excluding steroid dienone is 2. The van der Waals surface area contributed by atoms with Crippen molar-refractivity contribution in [1.82, 2.24) is 15.1 Å². The fourth-order valence-corrected chi connectivity index (χ4v) is 6.05. The first kappa shape index (κ1) is 31.1. The van der Waals surface area contributed by atoms with Crippen LogP contribution in [0, 0.1) is 5.82 Å². The number of imide groups is 2. The van der Waals surface area contributed by atoms with Crippen molar-refractivity contribution in [2.45, 2.75) is 19.8 Å². The second-order valence-electron chi connectivity index (χ2n) is 11.0. The number of nitrogens with zero attached hydrogens (tertiary/aromatic N) is 2. The fraction of sp³-hybridized carbons (Fsp3) is 0.200. The molecule has 1 N–H and O–H groups in total. The third-order valence-electron chi connectivity index (χ3n) is 8.27. The number of halogens is 1. The van der Waals surface area contributed by atoms with Gasteiger partial charge in [0.2, 0.25) is 0 Å². The third kappa shape index (κ3) is 5.47. The maximum absolute atomic E-state index is 15.3. The van der Waals surface area contributed by atoms with Crippen molar-refractivity contribution in [2.24, 2.45) is 0 Å². The molecule has 0 atom stereocenters. The summed E-state index contributed by atoms with van der Waals surface area (Å²) < 4.78 is 26.3. The quantitative estimate of drug-likeness (QED) is 0.275. The molecule has 3 aliphatic heterocycles. The highest BCUT2D eigenvalue weighted by Crippen LogP contribution is 2.40. The minimum Gasteiger partial charge on any atom is -0.460 e. The van der Waals surface area contributed by atoms with E-state index >= 15 is 4.39 Å². The Balaban J connectivity index is 1.19. The number of fused-ring (bicyclic) bond motifs is 2. The summed E-state index contributed by atoms with van der Waals surface area (Å²) in [6, 6.07) is 18.4. The van der Waals surface area contributed by atoms with Crippen molar-refractivity contribution in [3.05, 3.63) is 129 Å². The SMILES string of the molecule is CC1=C(C(=O)OCCN2C(=O)c3ccccc3C2=O)C(c2ccccc2F)C(C(=O)OCCN2C(=O)c3ccccc3C2=O)=C(C)N1. The van der Waals surface area contributed by atoms with Crippen molar-refractivity contribution in [1.29, 1.82) is 0 Å². The van der Waals surface area contributed by atoms with Crippen molar-refractivity contribution in [3.63, 3.8) is 0 Å². The highest BCUT2D eigenvalue weighted by Gasteiger charge is 2.41. The molecule has 11 nitrogen and oxygen atoms in total. The normalized spacial score (nSPS) is 16.1. The van der Waals surface area contributed by atoms with E-state index in [9.17, 15) is 28.8 Å². The van der Waals surface area contributed by atoms with E-state index in [1.807, 2.05) is 0 Å². The minimum atomic E-state index is -1.25. The van der Waals surface area contributed by atoms with Crippen molar-refractivity contribution >= 4 is 35.6 Å². The van der Waals surface area contributed by atoms with Gasteiger partial charge in [0.1, 0.15) is 19.0 Å². The highest BCUT2D eigenvalue weighted by atomic mass is 19.1. The molecule has 6 rings (SSSR count). The lowest BCUT2D eigenvalue weighted by Gasteiger charge is -2.31. The number of carbonyl (C=O) groups excluding carboxylic acids is 6. The van der Waals surface area contributed by atoms with Gasteiger partial charge in [0.05, 0.1) is 52.4 Å². The molecule has 0 saturated heterocycles. The largest absolute Gasteiger partial charge is 0.460 e. The smallest absolute Gasteiger partial charge is 0.336 e. The van der Waals surface area contributed by atoms with Crippen LogP contribution in [0.2, 0.25) is 0 Å². The van der Waals surface area contributed by atoms with Crippen LogP contribution in [0.1, 0.15) is 66.8 Å². The zero-order valence-electron chi connectivity index (χ0n) is 25.4. The van der Waals surface area contributed by atoms with Crippen LogP contribution in [0.3, 0.4) is 0 Å². The Kier molecular flexibility index (Phi) is 8.25. The summed E-state index contributed by atoms with van der Waals surface area (Å²) in [5.74, 6) is -5.78. The van der Waals surface area contributed by atoms with Crippen LogP contribution >= 0.6 is 0 Å². The van der Waals surface area contributed by atoms with Gasteiger partial charge in [-0.1, -0.05) is 42.5 Å². The van der Waals surface area contributed by atoms with Crippen molar-refractivity contribution < 1.29 is 42.6 Å². The Labute approximate surface area is 268 Å². The molecular weight excluding hydrogens is 609 g/mol. The molecule has 0 saturated carbocycles. The Bertz CT molecular complexity index is 1760. The standard InChI is InChI=1S/C35H28FN3O8/c1-19-27(34(44)46-17-15-38-30(40)21-9-3-4-10-22(21)31(38)41)29(25-13-7-8-14-26(25)36)28(20(2)37-19)35(45)47-18-16-39-32(42)23-11-5-6-12-24(23)33(39)43/h3-14,29,37H,15-18H2,1-2H3. The van der Waals surface area contributed by atoms with Crippen LogP contribution in [0.15, 0.2) is 95.3 Å². The topological polar surface area (TPSA) is 139 Å². The van der Waals surface area contributed by atoms with E-state index in [2.05, 4.69) is 5.32 Å². The van der Waals surface area contributed by atoms with Gasteiger partial charge in [-0.15, -0.1) is 0 Å². The number of ether oxygens (including phenoxy) is 2. The highest BCUT2D eigenvalue weighted by molar-refractivity contribution is 6.22. The van der Waals surface area contributed by atoms with Gasteiger partial charge in [0.15, 0.2) is 0 Å². The molecule has 3 heterocycles. The van der Waals surface area contributed by atoms with E-state index in [4.69, 9.17) is 9.47 Å². The molecule has 47 heavy (non-hydrogen) atoms. The number of hydrogen-bond donors (Lipinski definition) is 1. The number of amides is 4. The lowest BCUT2D eigenvalue weighted by Crippen LogP contribution is -2.36. The predicted octanol–water partition coefficient (Wildman–Crippen LogP) is 3.74. The number of hydrogen-bond acceptors (Lipinski definition) is 9. The Morgan fingerprint density at radius 1 is 0.638 bits per heavy atom. The third-order valence-corrected chi connectivity index (χ3v) is 8.27. The summed E-state index contributed by atoms with van der Waals surface area (Å²) >= 11 is 0. The van der Waals surface area contributed by atoms with Gasteiger partial charge in [0, 0.05) is 17.0 Å². The number of esters is 2. The Hall–Kier alpha value is -5.91. The van der Waals surface area contributed by atoms with Crippen LogP contribution in [0.5, 0.6) is 0 Å². The van der Waals surface area contributed by atoms with E-state index in [1.165, 1.54) is 42.5 Å². The second-order valence-corrected chi connectivity index (χ2v) is 11.0. The molecule has 0 aliphatic carbocycles. The van der Waals surface area contributed by atoms with Gasteiger partial charge in [0.25, 0.3) is 23.6 Å². The van der Waals surface area contributed by atoms with E-state index in [1.54, 1.807) is 44.2 Å². The summed E-state index contributed by atoms with van der Waals surface area (Å²) in [7, 11) is 0. The van der Waals surface area contributed by atoms with Crippen LogP contribution in [0.25, 0.3) is 0 Å². The maximum atomic E-state index is 15.3. The zero-order chi connectivity index (χ0) is 33.4. The molecule has 0 spiro atoms. The summed E-state index contributed by atoms with van der Waals surface area (Å²) in [4.78, 5) is 80.1. The van der Waals surface area contributed by atoms with Gasteiger partial charge in [-0.3, -0.25) is 29.0 Å². The molecule has 4 amide bonds. The first-order valence-electron chi connectivity index (χ1n) is 14.8. The minimum absolute atomic E-state index is 0.00676. The maximum Gasteiger partial charge on any atom is 0.336 e. The Morgan fingerprint density at radius 3 is 1.38 bits per heavy atom. The zero-order valence-corrected chi connectivity index (χ0v) is 25.4. The molecule has 3 aliphatic rings. The molecule has 0 bridgehead atoms. The van der Waals surface area contributed by atoms with Gasteiger partial charge < -0.3 is 14.8 Å². The molecule has 0 radical (unpaired) electrons. The predicted molar refractivity (Wildman–Crippen MR) is 163 cm³/mol. The summed E-state index contributed by atoms with van der Waals surface area (Å²) in [6.07, 6.45) is 0. The average molecular weight is 638 g/mol. The van der Waals surface area contributed by atoms with Gasteiger partial charge in [-0.25, -0.2) is 14.0 Å². The number of rotatable bonds is 9. The summed E-state index contributed by atoms with van der Waals surface area (Å²) in [6.45, 7) is 2.00. The molecule has 238 valence electrons. The second kappa shape index (κ2) is 12.5. The molecule has 0 aromatic heterocycles. The van der Waals surface area contributed by atoms with E-state index in [0.717, 1.165) is 9.80 Å². The van der Waals surface area contributed by atoms with Crippen LogP contribution in [-0.2, 0) is 19.1 Å². The van der Waals surface area contributed by atoms with Crippen molar-refractivity contribution in [2.75, 3.05) is 26.3 Å². The lowest BCUT2D eigenvalue weighted by atomic mass is 9.80. The van der Waals surface area contributed by atoms with Gasteiger partial charge >= 0.3 is 11.9 Å². The van der Waals surface area contributed by atoms with E-state index in [-0.39, 0.29) is 65.3 Å². The number of benzene rings is 3. The van der Waals surface area contributed by atoms with Crippen molar-refractivity contribution in [3.8, 4) is 0 Å². The van der Waals surface area contributed by atoms with Crippen LogP contribution in [-0.4, -0.2) is 71.7 Å².